The zero-order chi connectivity index (χ0) is 23.6. The number of likely N-dealkylation sites (tertiary alicyclic amines) is 1. The fourth-order valence-electron chi connectivity index (χ4n) is 4.93. The van der Waals surface area contributed by atoms with Gasteiger partial charge in [0.1, 0.15) is 5.92 Å². The average molecular weight is 447 g/mol. The van der Waals surface area contributed by atoms with Crippen molar-refractivity contribution >= 4 is 34.8 Å². The summed E-state index contributed by atoms with van der Waals surface area (Å²) < 4.78 is 0. The first-order valence-electron chi connectivity index (χ1n) is 11.5. The van der Waals surface area contributed by atoms with Crippen molar-refractivity contribution in [3.8, 4) is 0 Å². The highest BCUT2D eigenvalue weighted by molar-refractivity contribution is 6.19. The molecule has 3 amide bonds. The first-order valence-corrected chi connectivity index (χ1v) is 11.5. The molecule has 1 heterocycles. The molecule has 2 aromatic carbocycles. The van der Waals surface area contributed by atoms with Crippen molar-refractivity contribution in [2.75, 3.05) is 5.32 Å². The molecule has 1 atom stereocenters. The van der Waals surface area contributed by atoms with Crippen molar-refractivity contribution < 1.29 is 14.4 Å². The lowest BCUT2D eigenvalue weighted by molar-refractivity contribution is -0.147. The third kappa shape index (κ3) is 4.45. The predicted octanol–water partition coefficient (Wildman–Crippen LogP) is 5.77. The van der Waals surface area contributed by atoms with Gasteiger partial charge in [0.2, 0.25) is 17.7 Å². The Morgan fingerprint density at radius 3 is 2.06 bits per heavy atom. The third-order valence-corrected chi connectivity index (χ3v) is 6.50. The van der Waals surface area contributed by atoms with E-state index in [1.165, 1.54) is 4.90 Å². The minimum atomic E-state index is -0.998. The molecular weight excluding hydrogens is 416 g/mol. The molecule has 0 radical (unpaired) electrons. The van der Waals surface area contributed by atoms with Crippen LogP contribution in [0.15, 0.2) is 64.8 Å². The second kappa shape index (κ2) is 8.89. The van der Waals surface area contributed by atoms with Crippen molar-refractivity contribution in [1.29, 1.82) is 0 Å². The maximum atomic E-state index is 13.4. The second-order valence-corrected chi connectivity index (χ2v) is 9.87. The summed E-state index contributed by atoms with van der Waals surface area (Å²) in [7, 11) is 0. The van der Waals surface area contributed by atoms with Gasteiger partial charge in [0.15, 0.2) is 0 Å². The maximum absolute atomic E-state index is 13.4. The molecule has 1 saturated heterocycles. The van der Waals surface area contributed by atoms with Gasteiger partial charge >= 0.3 is 0 Å². The highest BCUT2D eigenvalue weighted by atomic mass is 16.2. The smallest absolute Gasteiger partial charge is 0.243 e. The number of nitrogens with zero attached hydrogens (tertiary/aromatic N) is 3. The van der Waals surface area contributed by atoms with Crippen molar-refractivity contribution in [3.05, 3.63) is 54.6 Å². The van der Waals surface area contributed by atoms with E-state index in [-0.39, 0.29) is 11.8 Å². The number of amides is 3. The van der Waals surface area contributed by atoms with Crippen molar-refractivity contribution in [2.24, 2.45) is 21.6 Å². The van der Waals surface area contributed by atoms with Crippen LogP contribution in [0.4, 0.5) is 17.1 Å². The highest BCUT2D eigenvalue weighted by Crippen LogP contribution is 2.51. The van der Waals surface area contributed by atoms with E-state index in [1.54, 1.807) is 24.3 Å². The number of rotatable bonds is 4. The van der Waals surface area contributed by atoms with Crippen LogP contribution in [0.3, 0.4) is 0 Å². The molecule has 1 aliphatic carbocycles. The number of hydrogen-bond donors (Lipinski definition) is 1. The Kier molecular flexibility index (Phi) is 6.15. The summed E-state index contributed by atoms with van der Waals surface area (Å²) in [6, 6.07) is 16.4. The Balaban J connectivity index is 1.53. The minimum absolute atomic E-state index is 0.198. The van der Waals surface area contributed by atoms with E-state index in [9.17, 15) is 14.4 Å². The zero-order valence-corrected chi connectivity index (χ0v) is 19.4. The van der Waals surface area contributed by atoms with Gasteiger partial charge in [-0.1, -0.05) is 37.5 Å². The van der Waals surface area contributed by atoms with E-state index < -0.39 is 22.8 Å². The zero-order valence-electron chi connectivity index (χ0n) is 19.4. The third-order valence-electron chi connectivity index (χ3n) is 6.50. The number of azo groups is 1. The van der Waals surface area contributed by atoms with Gasteiger partial charge in [0.25, 0.3) is 0 Å². The summed E-state index contributed by atoms with van der Waals surface area (Å²) in [5.41, 5.74) is 0.349. The van der Waals surface area contributed by atoms with Crippen LogP contribution in [-0.2, 0) is 14.4 Å². The topological polar surface area (TPSA) is 91.2 Å². The Morgan fingerprint density at radius 2 is 1.48 bits per heavy atom. The lowest BCUT2D eigenvalue weighted by Gasteiger charge is -2.36. The van der Waals surface area contributed by atoms with Crippen LogP contribution in [0.2, 0.25) is 0 Å². The SMILES string of the molecule is CC(C)(C)N1C(=O)C(C(=O)Nc2ccc(N=Nc3ccccc3)cc2)C2(CCCCC2)C1=O. The molecule has 2 aliphatic rings. The van der Waals surface area contributed by atoms with Gasteiger partial charge in [-0.25, -0.2) is 0 Å². The number of imide groups is 1. The van der Waals surface area contributed by atoms with Gasteiger partial charge in [-0.15, -0.1) is 0 Å². The Morgan fingerprint density at radius 1 is 0.909 bits per heavy atom. The van der Waals surface area contributed by atoms with Crippen LogP contribution >= 0.6 is 0 Å². The van der Waals surface area contributed by atoms with Gasteiger partial charge in [-0.3, -0.25) is 19.3 Å². The standard InChI is InChI=1S/C26H30N4O3/c1-25(2,3)30-23(32)21(26(24(30)33)16-8-5-9-17-26)22(31)27-18-12-14-20(15-13-18)29-28-19-10-6-4-7-11-19/h4,6-7,10-15,21H,5,8-9,16-17H2,1-3H3,(H,27,31). The summed E-state index contributed by atoms with van der Waals surface area (Å²) in [6.45, 7) is 5.51. The summed E-state index contributed by atoms with van der Waals surface area (Å²) in [4.78, 5) is 41.5. The summed E-state index contributed by atoms with van der Waals surface area (Å²) in [5, 5.41) is 11.3. The monoisotopic (exact) mass is 446 g/mol. The molecule has 0 bridgehead atoms. The van der Waals surface area contributed by atoms with E-state index in [0.717, 1.165) is 24.9 Å². The first-order chi connectivity index (χ1) is 15.7. The van der Waals surface area contributed by atoms with Crippen LogP contribution in [0.1, 0.15) is 52.9 Å². The van der Waals surface area contributed by atoms with Crippen LogP contribution in [0, 0.1) is 11.3 Å². The first kappa shape index (κ1) is 22.8. The van der Waals surface area contributed by atoms with Crippen molar-refractivity contribution in [2.45, 2.75) is 58.4 Å². The van der Waals surface area contributed by atoms with Gasteiger partial charge in [-0.2, -0.15) is 10.2 Å². The molecule has 1 spiro atoms. The molecular formula is C26H30N4O3. The van der Waals surface area contributed by atoms with E-state index in [0.29, 0.717) is 24.2 Å². The molecule has 2 aromatic rings. The second-order valence-electron chi connectivity index (χ2n) is 9.87. The minimum Gasteiger partial charge on any atom is -0.325 e. The number of hydrogen-bond acceptors (Lipinski definition) is 5. The fraction of sp³-hybridized carbons (Fsp3) is 0.423. The molecule has 7 nitrogen and oxygen atoms in total. The number of anilines is 1. The summed E-state index contributed by atoms with van der Waals surface area (Å²) in [5.74, 6) is -2.00. The number of benzene rings is 2. The number of carbonyl (C=O) groups excluding carboxylic acids is 3. The van der Waals surface area contributed by atoms with Crippen LogP contribution < -0.4 is 5.32 Å². The molecule has 1 N–H and O–H groups in total. The normalized spacial score (nSPS) is 20.6. The Hall–Kier alpha value is -3.35. The van der Waals surface area contributed by atoms with E-state index >= 15 is 0 Å². The fourth-order valence-corrected chi connectivity index (χ4v) is 4.93. The van der Waals surface area contributed by atoms with E-state index in [2.05, 4.69) is 15.5 Å². The number of carbonyl (C=O) groups is 3. The highest BCUT2D eigenvalue weighted by Gasteiger charge is 2.63. The van der Waals surface area contributed by atoms with E-state index in [1.807, 2.05) is 51.1 Å². The number of nitrogens with one attached hydrogen (secondary N) is 1. The van der Waals surface area contributed by atoms with Gasteiger partial charge in [0, 0.05) is 11.2 Å². The van der Waals surface area contributed by atoms with Crippen LogP contribution in [-0.4, -0.2) is 28.2 Å². The van der Waals surface area contributed by atoms with Gasteiger partial charge in [0.05, 0.1) is 16.8 Å². The molecule has 2 fully saturated rings. The maximum Gasteiger partial charge on any atom is 0.243 e. The van der Waals surface area contributed by atoms with Gasteiger partial charge in [-0.05, 0) is 70.0 Å². The van der Waals surface area contributed by atoms with Gasteiger partial charge < -0.3 is 5.32 Å². The largest absolute Gasteiger partial charge is 0.325 e. The van der Waals surface area contributed by atoms with Crippen LogP contribution in [0.5, 0.6) is 0 Å². The van der Waals surface area contributed by atoms with E-state index in [4.69, 9.17) is 0 Å². The average Bonchev–Trinajstić information content (AvgIpc) is 3.00. The quantitative estimate of drug-likeness (QED) is 0.367. The summed E-state index contributed by atoms with van der Waals surface area (Å²) >= 11 is 0. The lowest BCUT2D eigenvalue weighted by Crippen LogP contribution is -2.47. The van der Waals surface area contributed by atoms with Crippen molar-refractivity contribution in [1.82, 2.24) is 4.90 Å². The lowest BCUT2D eigenvalue weighted by atomic mass is 9.66. The molecule has 1 aliphatic heterocycles. The molecule has 7 heteroatoms. The Labute approximate surface area is 194 Å². The molecule has 0 aromatic heterocycles. The molecule has 1 saturated carbocycles. The Bertz CT molecular complexity index is 1060. The van der Waals surface area contributed by atoms with Crippen molar-refractivity contribution in [3.63, 3.8) is 0 Å². The molecule has 4 rings (SSSR count). The molecule has 172 valence electrons. The summed E-state index contributed by atoms with van der Waals surface area (Å²) in [6.07, 6.45) is 3.86. The predicted molar refractivity (Wildman–Crippen MR) is 126 cm³/mol. The van der Waals surface area contributed by atoms with Crippen LogP contribution in [0.25, 0.3) is 0 Å². The molecule has 1 unspecified atom stereocenters. The molecule has 33 heavy (non-hydrogen) atoms.